The largest absolute Gasteiger partial charge is 0.416 e. The van der Waals surface area contributed by atoms with E-state index in [9.17, 15) is 38.2 Å². The highest BCUT2D eigenvalue weighted by molar-refractivity contribution is 5.85. The molecule has 0 spiro atoms. The van der Waals surface area contributed by atoms with Gasteiger partial charge in [-0.3, -0.25) is 25.0 Å². The van der Waals surface area contributed by atoms with E-state index >= 15 is 0 Å². The Hall–Kier alpha value is -2.92. The number of nitro groups is 2. The highest BCUT2D eigenvalue weighted by Crippen LogP contribution is 2.42. The van der Waals surface area contributed by atoms with Gasteiger partial charge in [-0.05, 0) is 0 Å². The molecule has 24 heavy (non-hydrogen) atoms. The van der Waals surface area contributed by atoms with Gasteiger partial charge in [-0.2, -0.15) is 13.2 Å². The van der Waals surface area contributed by atoms with Gasteiger partial charge in [0.2, 0.25) is 5.91 Å². The number of alkyl halides is 3. The summed E-state index contributed by atoms with van der Waals surface area (Å²) in [7, 11) is 3.93. The van der Waals surface area contributed by atoms with Crippen LogP contribution in [0.5, 0.6) is 0 Å². The van der Waals surface area contributed by atoms with Crippen molar-refractivity contribution in [3.05, 3.63) is 37.9 Å². The molecule has 9 nitrogen and oxygen atoms in total. The lowest BCUT2D eigenvalue weighted by Crippen LogP contribution is -2.35. The van der Waals surface area contributed by atoms with Crippen LogP contribution in [-0.4, -0.2) is 48.3 Å². The third-order valence-electron chi connectivity index (χ3n) is 3.04. The highest BCUT2D eigenvalue weighted by atomic mass is 19.4. The predicted molar refractivity (Wildman–Crippen MR) is 76.7 cm³/mol. The third-order valence-corrected chi connectivity index (χ3v) is 3.04. The van der Waals surface area contributed by atoms with Crippen molar-refractivity contribution in [2.45, 2.75) is 6.18 Å². The minimum atomic E-state index is -4.99. The van der Waals surface area contributed by atoms with E-state index in [0.29, 0.717) is 0 Å². The minimum Gasteiger partial charge on any atom is -0.354 e. The molecule has 0 saturated carbocycles. The van der Waals surface area contributed by atoms with Crippen LogP contribution in [0.3, 0.4) is 0 Å². The van der Waals surface area contributed by atoms with Crippen LogP contribution >= 0.6 is 0 Å². The standard InChI is InChI=1S/C12H13F3N4O5/c1-16(2)10(20)6-17(3)11-8(18(21)22)4-7(12(13,14)15)5-9(11)19(23)24/h4-5H,6H2,1-3H3. The van der Waals surface area contributed by atoms with E-state index in [4.69, 9.17) is 0 Å². The summed E-state index contributed by atoms with van der Waals surface area (Å²) >= 11 is 0. The molecule has 0 aliphatic heterocycles. The Balaban J connectivity index is 3.59. The molecule has 0 saturated heterocycles. The van der Waals surface area contributed by atoms with Crippen LogP contribution in [0.15, 0.2) is 12.1 Å². The Morgan fingerprint density at radius 2 is 1.50 bits per heavy atom. The number of carbonyl (C=O) groups is 1. The van der Waals surface area contributed by atoms with Gasteiger partial charge in [0.1, 0.15) is 0 Å². The van der Waals surface area contributed by atoms with Gasteiger partial charge in [-0.15, -0.1) is 0 Å². The summed E-state index contributed by atoms with van der Waals surface area (Å²) in [5, 5.41) is 22.2. The van der Waals surface area contributed by atoms with E-state index in [1.54, 1.807) is 0 Å². The zero-order valence-electron chi connectivity index (χ0n) is 12.8. The van der Waals surface area contributed by atoms with Crippen molar-refractivity contribution in [3.63, 3.8) is 0 Å². The van der Waals surface area contributed by atoms with Crippen LogP contribution in [0.4, 0.5) is 30.2 Å². The second-order valence-corrected chi connectivity index (χ2v) is 5.02. The molecular weight excluding hydrogens is 337 g/mol. The Labute approximate surface area is 133 Å². The Morgan fingerprint density at radius 1 is 1.08 bits per heavy atom. The highest BCUT2D eigenvalue weighted by Gasteiger charge is 2.38. The summed E-state index contributed by atoms with van der Waals surface area (Å²) < 4.78 is 38.4. The first-order chi connectivity index (χ1) is 10.9. The van der Waals surface area contributed by atoms with E-state index in [2.05, 4.69) is 0 Å². The van der Waals surface area contributed by atoms with E-state index in [0.717, 1.165) is 16.8 Å². The molecule has 1 aromatic rings. The second kappa shape index (κ2) is 6.68. The molecule has 0 fully saturated rings. The smallest absolute Gasteiger partial charge is 0.354 e. The number of nitro benzene ring substituents is 2. The van der Waals surface area contributed by atoms with Crippen LogP contribution in [0.25, 0.3) is 0 Å². The van der Waals surface area contributed by atoms with Crippen molar-refractivity contribution in [2.75, 3.05) is 32.6 Å². The zero-order chi connectivity index (χ0) is 18.8. The maximum atomic E-state index is 12.8. The van der Waals surface area contributed by atoms with Crippen molar-refractivity contribution >= 4 is 23.0 Å². The van der Waals surface area contributed by atoms with Crippen LogP contribution < -0.4 is 4.90 Å². The van der Waals surface area contributed by atoms with E-state index in [-0.39, 0.29) is 12.1 Å². The number of benzene rings is 1. The first kappa shape index (κ1) is 19.1. The predicted octanol–water partition coefficient (Wildman–Crippen LogP) is 2.05. The van der Waals surface area contributed by atoms with Crippen molar-refractivity contribution in [1.82, 2.24) is 4.90 Å². The Bertz CT molecular complexity index is 655. The van der Waals surface area contributed by atoms with E-state index < -0.39 is 51.1 Å². The van der Waals surface area contributed by atoms with Crippen molar-refractivity contribution in [3.8, 4) is 0 Å². The number of hydrogen-bond donors (Lipinski definition) is 0. The third kappa shape index (κ3) is 4.08. The quantitative estimate of drug-likeness (QED) is 0.594. The summed E-state index contributed by atoms with van der Waals surface area (Å²) in [6.07, 6.45) is -4.99. The molecular formula is C12H13F3N4O5. The van der Waals surface area contributed by atoms with Gasteiger partial charge < -0.3 is 9.80 Å². The van der Waals surface area contributed by atoms with Gasteiger partial charge in [-0.1, -0.05) is 0 Å². The van der Waals surface area contributed by atoms with E-state index in [1.807, 2.05) is 0 Å². The number of rotatable bonds is 5. The average molecular weight is 350 g/mol. The molecule has 0 bridgehead atoms. The number of likely N-dealkylation sites (N-methyl/N-ethyl adjacent to an activating group) is 2. The van der Waals surface area contributed by atoms with Gasteiger partial charge in [-0.25, -0.2) is 0 Å². The second-order valence-electron chi connectivity index (χ2n) is 5.02. The topological polar surface area (TPSA) is 110 Å². The summed E-state index contributed by atoms with van der Waals surface area (Å²) in [5.41, 5.74) is -4.40. The molecule has 0 aliphatic carbocycles. The Morgan fingerprint density at radius 3 is 1.79 bits per heavy atom. The fraction of sp³-hybridized carbons (Fsp3) is 0.417. The van der Waals surface area contributed by atoms with Crippen LogP contribution in [0.2, 0.25) is 0 Å². The summed E-state index contributed by atoms with van der Waals surface area (Å²) in [5.74, 6) is -0.541. The van der Waals surface area contributed by atoms with Crippen molar-refractivity contribution in [2.24, 2.45) is 0 Å². The molecule has 1 aromatic carbocycles. The fourth-order valence-corrected chi connectivity index (χ4v) is 1.86. The molecule has 0 heterocycles. The first-order valence-corrected chi connectivity index (χ1v) is 6.31. The first-order valence-electron chi connectivity index (χ1n) is 6.31. The minimum absolute atomic E-state index is 0.207. The Kier molecular flexibility index (Phi) is 5.32. The molecule has 0 atom stereocenters. The lowest BCUT2D eigenvalue weighted by Gasteiger charge is -2.21. The molecule has 132 valence electrons. The van der Waals surface area contributed by atoms with Gasteiger partial charge in [0.05, 0.1) is 22.0 Å². The number of anilines is 1. The van der Waals surface area contributed by atoms with Gasteiger partial charge in [0.25, 0.3) is 11.4 Å². The van der Waals surface area contributed by atoms with Gasteiger partial charge in [0.15, 0.2) is 5.69 Å². The van der Waals surface area contributed by atoms with Crippen molar-refractivity contribution < 1.29 is 27.8 Å². The van der Waals surface area contributed by atoms with Crippen LogP contribution in [-0.2, 0) is 11.0 Å². The molecule has 1 rings (SSSR count). The van der Waals surface area contributed by atoms with Crippen LogP contribution in [0.1, 0.15) is 5.56 Å². The maximum Gasteiger partial charge on any atom is 0.416 e. The lowest BCUT2D eigenvalue weighted by molar-refractivity contribution is -0.393. The molecule has 1 amide bonds. The van der Waals surface area contributed by atoms with Crippen LogP contribution in [0, 0.1) is 20.2 Å². The molecule has 12 heteroatoms. The summed E-state index contributed by atoms with van der Waals surface area (Å²) in [6.45, 7) is -0.486. The normalized spacial score (nSPS) is 11.1. The number of hydrogen-bond acceptors (Lipinski definition) is 6. The number of nitrogens with zero attached hydrogens (tertiary/aromatic N) is 4. The molecule has 0 aromatic heterocycles. The monoisotopic (exact) mass is 350 g/mol. The molecule has 0 unspecified atom stereocenters. The molecule has 0 N–H and O–H groups in total. The SMILES string of the molecule is CN(C)C(=O)CN(C)c1c([N+](=O)[O-])cc(C(F)(F)F)cc1[N+](=O)[O-]. The summed E-state index contributed by atoms with van der Waals surface area (Å²) in [4.78, 5) is 33.6. The molecule has 0 radical (unpaired) electrons. The van der Waals surface area contributed by atoms with Gasteiger partial charge in [0, 0.05) is 33.3 Å². The number of carbonyl (C=O) groups excluding carboxylic acids is 1. The zero-order valence-corrected chi connectivity index (χ0v) is 12.8. The van der Waals surface area contributed by atoms with E-state index in [1.165, 1.54) is 14.1 Å². The number of amides is 1. The number of halogens is 3. The fourth-order valence-electron chi connectivity index (χ4n) is 1.86. The molecule has 0 aliphatic rings. The maximum absolute atomic E-state index is 12.8. The lowest BCUT2D eigenvalue weighted by atomic mass is 10.1. The summed E-state index contributed by atoms with van der Waals surface area (Å²) in [6, 6.07) is 0.415. The average Bonchev–Trinajstić information content (AvgIpc) is 2.44. The van der Waals surface area contributed by atoms with Gasteiger partial charge >= 0.3 is 6.18 Å². The van der Waals surface area contributed by atoms with Crippen molar-refractivity contribution in [1.29, 1.82) is 0 Å².